The second-order valence-corrected chi connectivity index (χ2v) is 5.51. The Morgan fingerprint density at radius 3 is 2.30 bits per heavy atom. The zero-order chi connectivity index (χ0) is 14.8. The van der Waals surface area contributed by atoms with E-state index in [9.17, 15) is 9.90 Å². The van der Waals surface area contributed by atoms with Gasteiger partial charge in [-0.2, -0.15) is 0 Å². The summed E-state index contributed by atoms with van der Waals surface area (Å²) in [5.74, 6) is 0. The van der Waals surface area contributed by atoms with E-state index in [4.69, 9.17) is 0 Å². The lowest BCUT2D eigenvalue weighted by molar-refractivity contribution is 0.0765. The maximum absolute atomic E-state index is 12.6. The average molecular weight is 271 g/mol. The number of aromatic nitrogens is 1. The van der Waals surface area contributed by atoms with Crippen molar-refractivity contribution < 1.29 is 5.11 Å². The summed E-state index contributed by atoms with van der Waals surface area (Å²) >= 11 is 0. The zero-order valence-corrected chi connectivity index (χ0v) is 12.3. The van der Waals surface area contributed by atoms with Crippen molar-refractivity contribution in [3.05, 3.63) is 58.4 Å². The van der Waals surface area contributed by atoms with Crippen molar-refractivity contribution >= 4 is 0 Å². The number of pyridine rings is 1. The number of rotatable bonds is 4. The third-order valence-corrected chi connectivity index (χ3v) is 3.35. The van der Waals surface area contributed by atoms with Crippen LogP contribution in [0.1, 0.15) is 32.8 Å². The quantitative estimate of drug-likeness (QED) is 0.928. The van der Waals surface area contributed by atoms with Gasteiger partial charge in [-0.1, -0.05) is 37.3 Å². The summed E-state index contributed by atoms with van der Waals surface area (Å²) in [7, 11) is 0. The molecule has 2 rings (SSSR count). The number of hydrogen-bond acceptors (Lipinski definition) is 2. The molecule has 0 radical (unpaired) electrons. The van der Waals surface area contributed by atoms with Gasteiger partial charge < -0.3 is 9.67 Å². The summed E-state index contributed by atoms with van der Waals surface area (Å²) in [6, 6.07) is 13.5. The van der Waals surface area contributed by atoms with E-state index in [1.807, 2.05) is 43.3 Å². The minimum atomic E-state index is -1.12. The van der Waals surface area contributed by atoms with Gasteiger partial charge in [0.05, 0.1) is 11.3 Å². The molecule has 0 bridgehead atoms. The van der Waals surface area contributed by atoms with Crippen LogP contribution in [-0.4, -0.2) is 9.67 Å². The van der Waals surface area contributed by atoms with Gasteiger partial charge in [0.25, 0.3) is 5.56 Å². The minimum absolute atomic E-state index is 0.110. The molecule has 0 saturated carbocycles. The first-order chi connectivity index (χ1) is 9.45. The summed E-state index contributed by atoms with van der Waals surface area (Å²) in [6.07, 6.45) is 0.870. The molecule has 0 unspecified atom stereocenters. The maximum atomic E-state index is 12.6. The fourth-order valence-corrected chi connectivity index (χ4v) is 2.35. The van der Waals surface area contributed by atoms with E-state index < -0.39 is 5.60 Å². The van der Waals surface area contributed by atoms with E-state index in [1.165, 1.54) is 0 Å². The molecule has 0 atom stereocenters. The molecule has 0 aliphatic heterocycles. The van der Waals surface area contributed by atoms with Gasteiger partial charge in [0.1, 0.15) is 0 Å². The molecule has 0 spiro atoms. The van der Waals surface area contributed by atoms with Gasteiger partial charge in [0.2, 0.25) is 0 Å². The molecular formula is C17H21NO2. The van der Waals surface area contributed by atoms with Gasteiger partial charge in [0, 0.05) is 12.1 Å². The summed E-state index contributed by atoms with van der Waals surface area (Å²) in [5, 5.41) is 10.1. The second kappa shape index (κ2) is 5.63. The van der Waals surface area contributed by atoms with Crippen LogP contribution in [-0.2, 0) is 12.1 Å². The van der Waals surface area contributed by atoms with Crippen LogP contribution in [0.25, 0.3) is 11.3 Å². The Bertz CT molecular complexity index is 636. The smallest absolute Gasteiger partial charge is 0.257 e. The molecule has 1 aromatic heterocycles. The van der Waals surface area contributed by atoms with Gasteiger partial charge in [-0.25, -0.2) is 0 Å². The standard InChI is InChI=1S/C17H21NO2/c1-4-12-18-15(13-8-6-5-7-9-13)11-10-14(16(18)19)17(2,3)20/h5-11,20H,4,12H2,1-3H3. The Labute approximate surface area is 119 Å². The molecule has 0 amide bonds. The van der Waals surface area contributed by atoms with Gasteiger partial charge >= 0.3 is 0 Å². The lowest BCUT2D eigenvalue weighted by Crippen LogP contribution is -2.32. The van der Waals surface area contributed by atoms with Crippen molar-refractivity contribution in [2.75, 3.05) is 0 Å². The zero-order valence-electron chi connectivity index (χ0n) is 12.3. The summed E-state index contributed by atoms with van der Waals surface area (Å²) in [6.45, 7) is 5.97. The second-order valence-electron chi connectivity index (χ2n) is 5.51. The molecule has 0 aliphatic carbocycles. The maximum Gasteiger partial charge on any atom is 0.257 e. The molecule has 3 nitrogen and oxygen atoms in total. The van der Waals surface area contributed by atoms with E-state index in [-0.39, 0.29) is 5.56 Å². The molecule has 1 N–H and O–H groups in total. The first kappa shape index (κ1) is 14.5. The molecule has 20 heavy (non-hydrogen) atoms. The van der Waals surface area contributed by atoms with Crippen LogP contribution in [0, 0.1) is 0 Å². The van der Waals surface area contributed by atoms with Gasteiger partial charge in [-0.15, -0.1) is 0 Å². The van der Waals surface area contributed by atoms with Crippen molar-refractivity contribution in [3.8, 4) is 11.3 Å². The fourth-order valence-electron chi connectivity index (χ4n) is 2.35. The molecule has 1 heterocycles. The van der Waals surface area contributed by atoms with Crippen LogP contribution in [0.3, 0.4) is 0 Å². The number of benzene rings is 1. The predicted molar refractivity (Wildman–Crippen MR) is 81.7 cm³/mol. The normalized spacial score (nSPS) is 11.6. The molecule has 3 heteroatoms. The number of aliphatic hydroxyl groups is 1. The van der Waals surface area contributed by atoms with Crippen molar-refractivity contribution in [3.63, 3.8) is 0 Å². The van der Waals surface area contributed by atoms with Crippen LogP contribution >= 0.6 is 0 Å². The van der Waals surface area contributed by atoms with Crippen molar-refractivity contribution in [1.29, 1.82) is 0 Å². The first-order valence-corrected chi connectivity index (χ1v) is 6.97. The molecule has 2 aromatic rings. The predicted octanol–water partition coefficient (Wildman–Crippen LogP) is 3.15. The van der Waals surface area contributed by atoms with E-state index >= 15 is 0 Å². The number of hydrogen-bond donors (Lipinski definition) is 1. The Hall–Kier alpha value is -1.87. The molecule has 0 aliphatic rings. The highest BCUT2D eigenvalue weighted by molar-refractivity contribution is 5.59. The topological polar surface area (TPSA) is 42.2 Å². The van der Waals surface area contributed by atoms with E-state index in [2.05, 4.69) is 0 Å². The van der Waals surface area contributed by atoms with Crippen LogP contribution in [0.4, 0.5) is 0 Å². The lowest BCUT2D eigenvalue weighted by atomic mass is 9.98. The van der Waals surface area contributed by atoms with Gasteiger partial charge in [-0.05, 0) is 38.0 Å². The highest BCUT2D eigenvalue weighted by Gasteiger charge is 2.22. The molecule has 0 saturated heterocycles. The SMILES string of the molecule is CCCn1c(-c2ccccc2)ccc(C(C)(C)O)c1=O. The van der Waals surface area contributed by atoms with E-state index in [0.717, 1.165) is 17.7 Å². The Morgan fingerprint density at radius 2 is 1.75 bits per heavy atom. The van der Waals surface area contributed by atoms with E-state index in [0.29, 0.717) is 12.1 Å². The summed E-state index contributed by atoms with van der Waals surface area (Å²) in [5.41, 5.74) is 1.11. The highest BCUT2D eigenvalue weighted by Crippen LogP contribution is 2.22. The lowest BCUT2D eigenvalue weighted by Gasteiger charge is -2.20. The molecule has 0 fully saturated rings. The Kier molecular flexibility index (Phi) is 4.09. The van der Waals surface area contributed by atoms with Crippen LogP contribution in [0.5, 0.6) is 0 Å². The highest BCUT2D eigenvalue weighted by atomic mass is 16.3. The third kappa shape index (κ3) is 2.83. The van der Waals surface area contributed by atoms with Gasteiger partial charge in [-0.3, -0.25) is 4.79 Å². The van der Waals surface area contributed by atoms with Crippen molar-refractivity contribution in [2.24, 2.45) is 0 Å². The van der Waals surface area contributed by atoms with E-state index in [1.54, 1.807) is 24.5 Å². The molecule has 1 aromatic carbocycles. The summed E-state index contributed by atoms with van der Waals surface area (Å²) < 4.78 is 1.75. The largest absolute Gasteiger partial charge is 0.386 e. The molecule has 106 valence electrons. The van der Waals surface area contributed by atoms with Gasteiger partial charge in [0.15, 0.2) is 0 Å². The van der Waals surface area contributed by atoms with Crippen molar-refractivity contribution in [2.45, 2.75) is 39.3 Å². The minimum Gasteiger partial charge on any atom is -0.386 e. The Morgan fingerprint density at radius 1 is 1.10 bits per heavy atom. The monoisotopic (exact) mass is 271 g/mol. The summed E-state index contributed by atoms with van der Waals surface area (Å²) in [4.78, 5) is 12.6. The van der Waals surface area contributed by atoms with Crippen molar-refractivity contribution in [1.82, 2.24) is 4.57 Å². The fraction of sp³-hybridized carbons (Fsp3) is 0.353. The Balaban J connectivity index is 2.66. The van der Waals surface area contributed by atoms with Crippen LogP contribution in [0.2, 0.25) is 0 Å². The van der Waals surface area contributed by atoms with Crippen LogP contribution in [0.15, 0.2) is 47.3 Å². The molecular weight excluding hydrogens is 250 g/mol. The third-order valence-electron chi connectivity index (χ3n) is 3.35. The first-order valence-electron chi connectivity index (χ1n) is 6.97. The average Bonchev–Trinajstić information content (AvgIpc) is 2.40. The van der Waals surface area contributed by atoms with Crippen LogP contribution < -0.4 is 5.56 Å². The number of nitrogens with zero attached hydrogens (tertiary/aromatic N) is 1.